The predicted molar refractivity (Wildman–Crippen MR) is 63.4 cm³/mol. The Morgan fingerprint density at radius 3 is 2.77 bits per heavy atom. The van der Waals surface area contributed by atoms with Gasteiger partial charge in [-0.3, -0.25) is 0 Å². The summed E-state index contributed by atoms with van der Waals surface area (Å²) < 4.78 is 0. The monoisotopic (exact) mass is 215 g/mol. The quantitative estimate of drug-likeness (QED) is 0.816. The van der Waals surface area contributed by atoms with E-state index in [0.717, 1.165) is 11.7 Å². The van der Waals surface area contributed by atoms with Crippen LogP contribution in [-0.4, -0.2) is 11.5 Å². The highest BCUT2D eigenvalue weighted by atomic mass is 32.2. The Hall–Kier alpha value is 0.01000. The second kappa shape index (κ2) is 5.68. The third-order valence-corrected chi connectivity index (χ3v) is 4.16. The Balaban J connectivity index is 2.22. The van der Waals surface area contributed by atoms with Crippen molar-refractivity contribution in [2.24, 2.45) is 11.7 Å². The summed E-state index contributed by atoms with van der Waals surface area (Å²) in [5.41, 5.74) is 6.02. The van der Waals surface area contributed by atoms with E-state index in [1.165, 1.54) is 10.6 Å². The minimum Gasteiger partial charge on any atom is -0.323 e. The van der Waals surface area contributed by atoms with Gasteiger partial charge in [-0.25, -0.2) is 0 Å². The van der Waals surface area contributed by atoms with Crippen LogP contribution in [0.25, 0.3) is 0 Å². The molecule has 1 atom stereocenters. The molecule has 1 nitrogen and oxygen atoms in total. The number of rotatable bonds is 5. The largest absolute Gasteiger partial charge is 0.323 e. The van der Waals surface area contributed by atoms with Crippen LogP contribution < -0.4 is 5.73 Å². The molecule has 1 unspecified atom stereocenters. The molecule has 0 amide bonds. The molecule has 1 heterocycles. The molecule has 0 saturated carbocycles. The molecule has 0 aliphatic carbocycles. The molecule has 13 heavy (non-hydrogen) atoms. The molecule has 0 aliphatic rings. The van der Waals surface area contributed by atoms with E-state index in [4.69, 9.17) is 5.73 Å². The molecule has 2 N–H and O–H groups in total. The first-order chi connectivity index (χ1) is 6.20. The van der Waals surface area contributed by atoms with Gasteiger partial charge in [0.1, 0.15) is 0 Å². The molecule has 1 aromatic heterocycles. The first-order valence-electron chi connectivity index (χ1n) is 4.57. The normalized spacial score (nSPS) is 13.5. The fraction of sp³-hybridized carbons (Fsp3) is 0.600. The molecule has 0 aromatic carbocycles. The highest BCUT2D eigenvalue weighted by Gasteiger charge is 2.06. The van der Waals surface area contributed by atoms with E-state index in [1.807, 2.05) is 11.8 Å². The molecule has 1 rings (SSSR count). The van der Waals surface area contributed by atoms with Crippen molar-refractivity contribution in [2.75, 3.05) is 11.5 Å². The molecular weight excluding hydrogens is 198 g/mol. The van der Waals surface area contributed by atoms with Crippen LogP contribution in [0.4, 0.5) is 0 Å². The zero-order valence-electron chi connectivity index (χ0n) is 8.19. The predicted octanol–water partition coefficient (Wildman–Crippen LogP) is 3.14. The summed E-state index contributed by atoms with van der Waals surface area (Å²) in [6.07, 6.45) is 0. The first kappa shape index (κ1) is 11.1. The summed E-state index contributed by atoms with van der Waals surface area (Å²) in [7, 11) is 0. The standard InChI is InChI=1S/C10H17NS2/c1-8(2)6-12-7-9(11)10-4-3-5-13-10/h3-5,8-9H,6-7,11H2,1-2H3. The summed E-state index contributed by atoms with van der Waals surface area (Å²) in [6, 6.07) is 4.40. The second-order valence-corrected chi connectivity index (χ2v) is 5.61. The van der Waals surface area contributed by atoms with Gasteiger partial charge in [-0.15, -0.1) is 11.3 Å². The van der Waals surface area contributed by atoms with Crippen LogP contribution in [0.1, 0.15) is 24.8 Å². The molecule has 74 valence electrons. The van der Waals surface area contributed by atoms with E-state index in [9.17, 15) is 0 Å². The molecule has 0 radical (unpaired) electrons. The molecule has 0 spiro atoms. The Morgan fingerprint density at radius 2 is 2.23 bits per heavy atom. The lowest BCUT2D eigenvalue weighted by atomic mass is 10.3. The first-order valence-corrected chi connectivity index (χ1v) is 6.60. The van der Waals surface area contributed by atoms with Gasteiger partial charge in [0.2, 0.25) is 0 Å². The molecule has 0 saturated heterocycles. The van der Waals surface area contributed by atoms with Crippen molar-refractivity contribution in [1.82, 2.24) is 0 Å². The third kappa shape index (κ3) is 4.16. The summed E-state index contributed by atoms with van der Waals surface area (Å²) in [5, 5.41) is 2.09. The summed E-state index contributed by atoms with van der Waals surface area (Å²) in [5.74, 6) is 3.01. The number of hydrogen-bond acceptors (Lipinski definition) is 3. The maximum absolute atomic E-state index is 6.02. The third-order valence-electron chi connectivity index (χ3n) is 1.66. The highest BCUT2D eigenvalue weighted by molar-refractivity contribution is 7.99. The van der Waals surface area contributed by atoms with E-state index >= 15 is 0 Å². The Labute approximate surface area is 88.7 Å². The van der Waals surface area contributed by atoms with E-state index in [-0.39, 0.29) is 6.04 Å². The smallest absolute Gasteiger partial charge is 0.0481 e. The van der Waals surface area contributed by atoms with Crippen LogP contribution in [-0.2, 0) is 0 Å². The summed E-state index contributed by atoms with van der Waals surface area (Å²) >= 11 is 3.70. The van der Waals surface area contributed by atoms with Crippen LogP contribution in [0.2, 0.25) is 0 Å². The minimum atomic E-state index is 0.226. The lowest BCUT2D eigenvalue weighted by Gasteiger charge is -2.10. The second-order valence-electron chi connectivity index (χ2n) is 3.55. The van der Waals surface area contributed by atoms with Crippen molar-refractivity contribution in [2.45, 2.75) is 19.9 Å². The number of thiophene rings is 1. The van der Waals surface area contributed by atoms with E-state index < -0.39 is 0 Å². The Bertz CT molecular complexity index is 219. The van der Waals surface area contributed by atoms with Crippen molar-refractivity contribution < 1.29 is 0 Å². The van der Waals surface area contributed by atoms with Gasteiger partial charge in [-0.05, 0) is 23.1 Å². The van der Waals surface area contributed by atoms with Crippen LogP contribution in [0.3, 0.4) is 0 Å². The van der Waals surface area contributed by atoms with Crippen LogP contribution in [0, 0.1) is 5.92 Å². The number of thioether (sulfide) groups is 1. The van der Waals surface area contributed by atoms with Gasteiger partial charge in [0, 0.05) is 16.7 Å². The lowest BCUT2D eigenvalue weighted by molar-refractivity contribution is 0.747. The summed E-state index contributed by atoms with van der Waals surface area (Å²) in [6.45, 7) is 4.48. The van der Waals surface area contributed by atoms with Gasteiger partial charge >= 0.3 is 0 Å². The van der Waals surface area contributed by atoms with Crippen molar-refractivity contribution >= 4 is 23.1 Å². The van der Waals surface area contributed by atoms with E-state index in [1.54, 1.807) is 11.3 Å². The Kier molecular flexibility index (Phi) is 4.84. The molecule has 0 bridgehead atoms. The Morgan fingerprint density at radius 1 is 1.46 bits per heavy atom. The summed E-state index contributed by atoms with van der Waals surface area (Å²) in [4.78, 5) is 1.30. The number of nitrogens with two attached hydrogens (primary N) is 1. The van der Waals surface area contributed by atoms with Crippen molar-refractivity contribution in [3.8, 4) is 0 Å². The molecular formula is C10H17NS2. The molecule has 0 aliphatic heterocycles. The van der Waals surface area contributed by atoms with Gasteiger partial charge in [0.25, 0.3) is 0 Å². The van der Waals surface area contributed by atoms with Gasteiger partial charge in [-0.2, -0.15) is 11.8 Å². The van der Waals surface area contributed by atoms with E-state index in [0.29, 0.717) is 0 Å². The fourth-order valence-corrected chi connectivity index (χ4v) is 2.89. The average Bonchev–Trinajstić information content (AvgIpc) is 2.55. The van der Waals surface area contributed by atoms with Gasteiger partial charge in [0.05, 0.1) is 0 Å². The zero-order valence-corrected chi connectivity index (χ0v) is 9.83. The zero-order chi connectivity index (χ0) is 9.68. The van der Waals surface area contributed by atoms with E-state index in [2.05, 4.69) is 31.4 Å². The van der Waals surface area contributed by atoms with Gasteiger partial charge in [0.15, 0.2) is 0 Å². The molecule has 0 fully saturated rings. The van der Waals surface area contributed by atoms with Crippen LogP contribution in [0.15, 0.2) is 17.5 Å². The maximum atomic E-state index is 6.02. The number of hydrogen-bond donors (Lipinski definition) is 1. The maximum Gasteiger partial charge on any atom is 0.0481 e. The lowest BCUT2D eigenvalue weighted by Crippen LogP contribution is -2.12. The fourth-order valence-electron chi connectivity index (χ4n) is 1.02. The topological polar surface area (TPSA) is 26.0 Å². The van der Waals surface area contributed by atoms with Crippen LogP contribution >= 0.6 is 23.1 Å². The van der Waals surface area contributed by atoms with Crippen molar-refractivity contribution in [3.05, 3.63) is 22.4 Å². The van der Waals surface area contributed by atoms with Crippen molar-refractivity contribution in [3.63, 3.8) is 0 Å². The highest BCUT2D eigenvalue weighted by Crippen LogP contribution is 2.21. The SMILES string of the molecule is CC(C)CSCC(N)c1cccs1. The molecule has 3 heteroatoms. The minimum absolute atomic E-state index is 0.226. The van der Waals surface area contributed by atoms with Crippen LogP contribution in [0.5, 0.6) is 0 Å². The molecule has 1 aromatic rings. The van der Waals surface area contributed by atoms with Crippen molar-refractivity contribution in [1.29, 1.82) is 0 Å². The van der Waals surface area contributed by atoms with Gasteiger partial charge in [-0.1, -0.05) is 19.9 Å². The average molecular weight is 215 g/mol. The van der Waals surface area contributed by atoms with Gasteiger partial charge < -0.3 is 5.73 Å².